The predicted octanol–water partition coefficient (Wildman–Crippen LogP) is 2.93. The molecule has 0 spiro atoms. The van der Waals surface area contributed by atoms with Crippen molar-refractivity contribution in [2.75, 3.05) is 0 Å². The Balaban J connectivity index is 2.31. The van der Waals surface area contributed by atoms with Crippen LogP contribution in [-0.4, -0.2) is 6.17 Å². The molecule has 0 aromatic carbocycles. The molecule has 0 radical (unpaired) electrons. The summed E-state index contributed by atoms with van der Waals surface area (Å²) in [7, 11) is 0. The maximum atomic E-state index is 12.3. The summed E-state index contributed by atoms with van der Waals surface area (Å²) in [5.41, 5.74) is 0. The topological polar surface area (TPSA) is 0 Å². The predicted molar refractivity (Wildman–Crippen MR) is 44.9 cm³/mol. The Morgan fingerprint density at radius 1 is 1.27 bits per heavy atom. The van der Waals surface area contributed by atoms with Crippen LogP contribution in [0.4, 0.5) is 4.39 Å². The summed E-state index contributed by atoms with van der Waals surface area (Å²) in [5.74, 6) is 6.08. The number of hydrogen-bond donors (Lipinski definition) is 0. The highest BCUT2D eigenvalue weighted by atomic mass is 19.1. The molecule has 1 heteroatoms. The largest absolute Gasteiger partial charge is 0.234 e. The van der Waals surface area contributed by atoms with Crippen molar-refractivity contribution in [1.82, 2.24) is 0 Å². The Labute approximate surface area is 68.2 Å². The van der Waals surface area contributed by atoms with E-state index in [1.54, 1.807) is 0 Å². The van der Waals surface area contributed by atoms with Gasteiger partial charge in [0.15, 0.2) is 6.17 Å². The Morgan fingerprint density at radius 2 is 1.91 bits per heavy atom. The molecular formula is C10H15F. The SMILES string of the molecule is CC(F)C#CC1CCCCC1. The van der Waals surface area contributed by atoms with Gasteiger partial charge in [0.25, 0.3) is 0 Å². The van der Waals surface area contributed by atoms with E-state index in [0.29, 0.717) is 5.92 Å². The van der Waals surface area contributed by atoms with E-state index in [9.17, 15) is 4.39 Å². The van der Waals surface area contributed by atoms with Crippen LogP contribution in [-0.2, 0) is 0 Å². The average molecular weight is 154 g/mol. The summed E-state index contributed by atoms with van der Waals surface area (Å²) >= 11 is 0. The molecule has 1 unspecified atom stereocenters. The maximum absolute atomic E-state index is 12.3. The van der Waals surface area contributed by atoms with Crippen molar-refractivity contribution in [3.8, 4) is 11.8 Å². The molecule has 1 atom stereocenters. The molecule has 0 nitrogen and oxygen atoms in total. The van der Waals surface area contributed by atoms with Gasteiger partial charge in [0.05, 0.1) is 0 Å². The van der Waals surface area contributed by atoms with Crippen LogP contribution in [0.25, 0.3) is 0 Å². The van der Waals surface area contributed by atoms with E-state index < -0.39 is 6.17 Å². The van der Waals surface area contributed by atoms with Gasteiger partial charge in [-0.2, -0.15) is 0 Å². The molecule has 1 rings (SSSR count). The zero-order chi connectivity index (χ0) is 8.10. The summed E-state index contributed by atoms with van der Waals surface area (Å²) < 4.78 is 12.3. The third kappa shape index (κ3) is 3.41. The Bertz CT molecular complexity index is 155. The van der Waals surface area contributed by atoms with Gasteiger partial charge >= 0.3 is 0 Å². The second-order valence-corrected chi connectivity index (χ2v) is 3.24. The zero-order valence-electron chi connectivity index (χ0n) is 7.07. The van der Waals surface area contributed by atoms with Crippen molar-refractivity contribution in [1.29, 1.82) is 0 Å². The van der Waals surface area contributed by atoms with E-state index in [4.69, 9.17) is 0 Å². The summed E-state index contributed by atoms with van der Waals surface area (Å²) in [4.78, 5) is 0. The molecule has 1 fully saturated rings. The van der Waals surface area contributed by atoms with Crippen LogP contribution in [0.2, 0.25) is 0 Å². The number of halogens is 1. The van der Waals surface area contributed by atoms with Crippen LogP contribution in [0.1, 0.15) is 39.0 Å². The Kier molecular flexibility index (Phi) is 3.42. The van der Waals surface area contributed by atoms with Gasteiger partial charge in [-0.25, -0.2) is 4.39 Å². The fraction of sp³-hybridized carbons (Fsp3) is 0.800. The fourth-order valence-corrected chi connectivity index (χ4v) is 1.48. The van der Waals surface area contributed by atoms with Crippen molar-refractivity contribution in [2.45, 2.75) is 45.2 Å². The number of alkyl halides is 1. The Morgan fingerprint density at radius 3 is 2.45 bits per heavy atom. The van der Waals surface area contributed by atoms with Gasteiger partial charge in [0.1, 0.15) is 0 Å². The van der Waals surface area contributed by atoms with Crippen molar-refractivity contribution in [2.24, 2.45) is 5.92 Å². The Hall–Kier alpha value is -0.510. The first kappa shape index (κ1) is 8.59. The minimum Gasteiger partial charge on any atom is -0.234 e. The number of hydrogen-bond acceptors (Lipinski definition) is 0. The smallest absolute Gasteiger partial charge is 0.157 e. The van der Waals surface area contributed by atoms with Crippen molar-refractivity contribution in [3.05, 3.63) is 0 Å². The highest BCUT2D eigenvalue weighted by Gasteiger charge is 2.09. The van der Waals surface area contributed by atoms with Crippen LogP contribution >= 0.6 is 0 Å². The van der Waals surface area contributed by atoms with Crippen molar-refractivity contribution < 1.29 is 4.39 Å². The quantitative estimate of drug-likeness (QED) is 0.470. The first-order valence-corrected chi connectivity index (χ1v) is 4.44. The lowest BCUT2D eigenvalue weighted by atomic mass is 9.90. The molecule has 0 heterocycles. The van der Waals surface area contributed by atoms with E-state index in [-0.39, 0.29) is 0 Å². The van der Waals surface area contributed by atoms with E-state index in [1.165, 1.54) is 39.0 Å². The second kappa shape index (κ2) is 4.38. The van der Waals surface area contributed by atoms with Gasteiger partial charge in [-0.05, 0) is 19.8 Å². The first-order valence-electron chi connectivity index (χ1n) is 4.44. The zero-order valence-corrected chi connectivity index (χ0v) is 7.07. The van der Waals surface area contributed by atoms with Crippen molar-refractivity contribution in [3.63, 3.8) is 0 Å². The van der Waals surface area contributed by atoms with Gasteiger partial charge in [-0.15, -0.1) is 0 Å². The van der Waals surface area contributed by atoms with Gasteiger partial charge < -0.3 is 0 Å². The molecule has 1 aliphatic carbocycles. The molecule has 0 saturated heterocycles. The highest BCUT2D eigenvalue weighted by molar-refractivity contribution is 5.07. The molecule has 0 bridgehead atoms. The van der Waals surface area contributed by atoms with Crippen molar-refractivity contribution >= 4 is 0 Å². The van der Waals surface area contributed by atoms with Crippen LogP contribution in [0, 0.1) is 17.8 Å². The van der Waals surface area contributed by atoms with Gasteiger partial charge in [0.2, 0.25) is 0 Å². The van der Waals surface area contributed by atoms with E-state index >= 15 is 0 Å². The molecule has 0 amide bonds. The monoisotopic (exact) mass is 154 g/mol. The second-order valence-electron chi connectivity index (χ2n) is 3.24. The molecule has 11 heavy (non-hydrogen) atoms. The highest BCUT2D eigenvalue weighted by Crippen LogP contribution is 2.22. The van der Waals surface area contributed by atoms with Gasteiger partial charge in [-0.1, -0.05) is 31.1 Å². The first-order chi connectivity index (χ1) is 5.29. The summed E-state index contributed by atoms with van der Waals surface area (Å²) in [6.45, 7) is 1.50. The van der Waals surface area contributed by atoms with Gasteiger partial charge in [0, 0.05) is 5.92 Å². The third-order valence-electron chi connectivity index (χ3n) is 2.09. The summed E-state index contributed by atoms with van der Waals surface area (Å²) in [6, 6.07) is 0. The summed E-state index contributed by atoms with van der Waals surface area (Å²) in [6.07, 6.45) is 5.31. The van der Waals surface area contributed by atoms with Crippen LogP contribution in [0.3, 0.4) is 0 Å². The van der Waals surface area contributed by atoms with E-state index in [2.05, 4.69) is 11.8 Å². The lowest BCUT2D eigenvalue weighted by molar-refractivity contribution is 0.423. The van der Waals surface area contributed by atoms with Crippen LogP contribution in [0.5, 0.6) is 0 Å². The molecule has 0 N–H and O–H groups in total. The summed E-state index contributed by atoms with van der Waals surface area (Å²) in [5, 5.41) is 0. The third-order valence-corrected chi connectivity index (χ3v) is 2.09. The lowest BCUT2D eigenvalue weighted by Gasteiger charge is -2.15. The minimum absolute atomic E-state index is 0.488. The maximum Gasteiger partial charge on any atom is 0.157 e. The molecule has 0 aromatic heterocycles. The molecular weight excluding hydrogens is 139 g/mol. The number of rotatable bonds is 0. The molecule has 0 aliphatic heterocycles. The van der Waals surface area contributed by atoms with E-state index in [0.717, 1.165) is 0 Å². The molecule has 62 valence electrons. The molecule has 0 aromatic rings. The molecule has 1 aliphatic rings. The van der Waals surface area contributed by atoms with Crippen LogP contribution in [0.15, 0.2) is 0 Å². The average Bonchev–Trinajstić information content (AvgIpc) is 2.03. The van der Waals surface area contributed by atoms with Crippen LogP contribution < -0.4 is 0 Å². The normalized spacial score (nSPS) is 22.0. The standard InChI is InChI=1S/C10H15F/c1-9(11)7-8-10-5-3-2-4-6-10/h9-10H,2-6H2,1H3. The van der Waals surface area contributed by atoms with E-state index in [1.807, 2.05) is 0 Å². The minimum atomic E-state index is -0.947. The molecule has 1 saturated carbocycles. The van der Waals surface area contributed by atoms with Gasteiger partial charge in [-0.3, -0.25) is 0 Å². The lowest BCUT2D eigenvalue weighted by Crippen LogP contribution is -2.03. The fourth-order valence-electron chi connectivity index (χ4n) is 1.48.